The van der Waals surface area contributed by atoms with E-state index in [9.17, 15) is 4.79 Å². The summed E-state index contributed by atoms with van der Waals surface area (Å²) in [6.45, 7) is 3.80. The third-order valence-electron chi connectivity index (χ3n) is 4.73. The minimum Gasteiger partial charge on any atom is -0.343 e. The Kier molecular flexibility index (Phi) is 4.73. The lowest BCUT2D eigenvalue weighted by Crippen LogP contribution is -2.44. The monoisotopic (exact) mass is 352 g/mol. The van der Waals surface area contributed by atoms with E-state index in [2.05, 4.69) is 17.0 Å². The van der Waals surface area contributed by atoms with Gasteiger partial charge in [0.15, 0.2) is 0 Å². The predicted molar refractivity (Wildman–Crippen MR) is 91.8 cm³/mol. The molecule has 3 rings (SSSR count). The van der Waals surface area contributed by atoms with Crippen LogP contribution in [0.3, 0.4) is 0 Å². The highest BCUT2D eigenvalue weighted by Crippen LogP contribution is 2.38. The summed E-state index contributed by atoms with van der Waals surface area (Å²) in [5.74, 6) is 0.227. The van der Waals surface area contributed by atoms with Crippen molar-refractivity contribution in [3.8, 4) is 0 Å². The fourth-order valence-electron chi connectivity index (χ4n) is 3.04. The van der Waals surface area contributed by atoms with Gasteiger partial charge in [-0.1, -0.05) is 18.5 Å². The first-order valence-corrected chi connectivity index (χ1v) is 9.04. The molecule has 1 saturated heterocycles. The number of rotatable bonds is 4. The molecule has 1 amide bonds. The lowest BCUT2D eigenvalue weighted by Gasteiger charge is -2.38. The maximum atomic E-state index is 12.4. The second kappa shape index (κ2) is 6.61. The Morgan fingerprint density at radius 3 is 2.74 bits per heavy atom. The minimum absolute atomic E-state index is 0.0383. The van der Waals surface area contributed by atoms with Gasteiger partial charge in [-0.05, 0) is 25.3 Å². The number of hydrogen-bond donors (Lipinski definition) is 0. The molecule has 124 valence electrons. The van der Waals surface area contributed by atoms with Crippen molar-refractivity contribution in [3.63, 3.8) is 0 Å². The van der Waals surface area contributed by atoms with Crippen molar-refractivity contribution >= 4 is 28.8 Å². The van der Waals surface area contributed by atoms with Crippen LogP contribution in [0.2, 0.25) is 4.34 Å². The van der Waals surface area contributed by atoms with Crippen LogP contribution in [0.4, 0.5) is 0 Å². The number of halogens is 1. The van der Waals surface area contributed by atoms with E-state index in [1.54, 1.807) is 23.7 Å². The number of piperidine rings is 1. The zero-order chi connectivity index (χ0) is 16.4. The normalized spacial score (nSPS) is 17.4. The first-order chi connectivity index (χ1) is 11.0. The van der Waals surface area contributed by atoms with Crippen LogP contribution < -0.4 is 0 Å². The van der Waals surface area contributed by atoms with Crippen LogP contribution in [-0.2, 0) is 23.7 Å². The predicted octanol–water partition coefficient (Wildman–Crippen LogP) is 3.04. The standard InChI is InChI=1S/C16H21ClN4OS/c1-16(15-18-11-13(17)23-15)6-9-21(10-7-16)14(22)4-3-12-5-8-19-20(12)2/h5,8,11H,3-4,6-7,9-10H2,1-2H3. The summed E-state index contributed by atoms with van der Waals surface area (Å²) in [6.07, 6.45) is 6.65. The van der Waals surface area contributed by atoms with Crippen molar-refractivity contribution in [2.75, 3.05) is 13.1 Å². The maximum absolute atomic E-state index is 12.4. The van der Waals surface area contributed by atoms with Gasteiger partial charge in [0.25, 0.3) is 0 Å². The highest BCUT2D eigenvalue weighted by molar-refractivity contribution is 7.15. The molecule has 7 heteroatoms. The number of carbonyl (C=O) groups is 1. The number of aromatic nitrogens is 3. The Hall–Kier alpha value is -1.40. The maximum Gasteiger partial charge on any atom is 0.222 e. The Morgan fingerprint density at radius 2 is 2.17 bits per heavy atom. The molecular formula is C16H21ClN4OS. The molecule has 0 saturated carbocycles. The minimum atomic E-state index is 0.0383. The molecule has 0 radical (unpaired) electrons. The molecule has 1 aliphatic rings. The van der Waals surface area contributed by atoms with Crippen molar-refractivity contribution < 1.29 is 4.79 Å². The SMILES string of the molecule is Cn1nccc1CCC(=O)N1CCC(C)(c2ncc(Cl)s2)CC1. The zero-order valence-electron chi connectivity index (χ0n) is 13.5. The zero-order valence-corrected chi connectivity index (χ0v) is 15.0. The van der Waals surface area contributed by atoms with Gasteiger partial charge in [-0.2, -0.15) is 5.10 Å². The van der Waals surface area contributed by atoms with Crippen LogP contribution in [0.25, 0.3) is 0 Å². The van der Waals surface area contributed by atoms with Crippen LogP contribution in [0.1, 0.15) is 36.9 Å². The third kappa shape index (κ3) is 3.58. The van der Waals surface area contributed by atoms with Crippen molar-refractivity contribution in [2.24, 2.45) is 7.05 Å². The third-order valence-corrected chi connectivity index (χ3v) is 6.15. The Bertz CT molecular complexity index is 688. The topological polar surface area (TPSA) is 51.0 Å². The molecular weight excluding hydrogens is 332 g/mol. The van der Waals surface area contributed by atoms with Crippen LogP contribution in [0.5, 0.6) is 0 Å². The fourth-order valence-corrected chi connectivity index (χ4v) is 4.15. The van der Waals surface area contributed by atoms with E-state index in [1.165, 1.54) is 0 Å². The van der Waals surface area contributed by atoms with Crippen LogP contribution in [-0.4, -0.2) is 38.7 Å². The van der Waals surface area contributed by atoms with Gasteiger partial charge in [-0.25, -0.2) is 4.98 Å². The van der Waals surface area contributed by atoms with E-state index in [0.717, 1.165) is 47.4 Å². The number of nitrogens with zero attached hydrogens (tertiary/aromatic N) is 4. The molecule has 0 unspecified atom stereocenters. The van der Waals surface area contributed by atoms with Gasteiger partial charge < -0.3 is 4.90 Å². The van der Waals surface area contributed by atoms with Gasteiger partial charge in [0.1, 0.15) is 9.34 Å². The molecule has 0 N–H and O–H groups in total. The molecule has 2 aromatic heterocycles. The average Bonchev–Trinajstić information content (AvgIpc) is 3.14. The summed E-state index contributed by atoms with van der Waals surface area (Å²) in [5, 5.41) is 5.22. The summed E-state index contributed by atoms with van der Waals surface area (Å²) in [5.41, 5.74) is 1.13. The van der Waals surface area contributed by atoms with Crippen LogP contribution >= 0.6 is 22.9 Å². The molecule has 1 aliphatic heterocycles. The highest BCUT2D eigenvalue weighted by Gasteiger charge is 2.35. The first-order valence-electron chi connectivity index (χ1n) is 7.84. The molecule has 2 aromatic rings. The van der Waals surface area contributed by atoms with Gasteiger partial charge in [-0.3, -0.25) is 9.48 Å². The van der Waals surface area contributed by atoms with Gasteiger partial charge in [0.2, 0.25) is 5.91 Å². The molecule has 0 aliphatic carbocycles. The van der Waals surface area contributed by atoms with Crippen molar-refractivity contribution in [1.82, 2.24) is 19.7 Å². The molecule has 3 heterocycles. The van der Waals surface area contributed by atoms with Crippen LogP contribution in [0, 0.1) is 0 Å². The lowest BCUT2D eigenvalue weighted by molar-refractivity contribution is -0.132. The lowest BCUT2D eigenvalue weighted by atomic mass is 9.81. The van der Waals surface area contributed by atoms with Gasteiger partial charge in [-0.15, -0.1) is 11.3 Å². The van der Waals surface area contributed by atoms with E-state index in [-0.39, 0.29) is 11.3 Å². The molecule has 0 aromatic carbocycles. The van der Waals surface area contributed by atoms with E-state index in [0.29, 0.717) is 6.42 Å². The molecule has 23 heavy (non-hydrogen) atoms. The Balaban J connectivity index is 1.54. The molecule has 0 atom stereocenters. The summed E-state index contributed by atoms with van der Waals surface area (Å²) in [4.78, 5) is 18.8. The molecule has 1 fully saturated rings. The van der Waals surface area contributed by atoms with Crippen LogP contribution in [0.15, 0.2) is 18.5 Å². The van der Waals surface area contributed by atoms with E-state index in [4.69, 9.17) is 11.6 Å². The largest absolute Gasteiger partial charge is 0.343 e. The summed E-state index contributed by atoms with van der Waals surface area (Å²) in [6, 6.07) is 1.97. The highest BCUT2D eigenvalue weighted by atomic mass is 35.5. The van der Waals surface area contributed by atoms with E-state index < -0.39 is 0 Å². The number of thiazole rings is 1. The summed E-state index contributed by atoms with van der Waals surface area (Å²) in [7, 11) is 1.91. The number of carbonyl (C=O) groups excluding carboxylic acids is 1. The first kappa shape index (κ1) is 16.5. The fraction of sp³-hybridized carbons (Fsp3) is 0.562. The van der Waals surface area contributed by atoms with Gasteiger partial charge >= 0.3 is 0 Å². The number of aryl methyl sites for hydroxylation is 2. The van der Waals surface area contributed by atoms with Crippen molar-refractivity contribution in [1.29, 1.82) is 0 Å². The quantitative estimate of drug-likeness (QED) is 0.849. The molecule has 5 nitrogen and oxygen atoms in total. The second-order valence-corrected chi connectivity index (χ2v) is 8.02. The Labute approximate surface area is 145 Å². The van der Waals surface area contributed by atoms with Gasteiger partial charge in [0.05, 0.1) is 6.20 Å². The van der Waals surface area contributed by atoms with E-state index >= 15 is 0 Å². The summed E-state index contributed by atoms with van der Waals surface area (Å²) < 4.78 is 2.56. The number of likely N-dealkylation sites (tertiary alicyclic amines) is 1. The van der Waals surface area contributed by atoms with Crippen molar-refractivity contribution in [2.45, 2.75) is 38.0 Å². The molecule has 0 bridgehead atoms. The average molecular weight is 353 g/mol. The van der Waals surface area contributed by atoms with Crippen molar-refractivity contribution in [3.05, 3.63) is 33.5 Å². The van der Waals surface area contributed by atoms with Gasteiger partial charge in [0, 0.05) is 43.9 Å². The number of amides is 1. The Morgan fingerprint density at radius 1 is 1.43 bits per heavy atom. The summed E-state index contributed by atoms with van der Waals surface area (Å²) >= 11 is 7.56. The second-order valence-electron chi connectivity index (χ2n) is 6.36. The smallest absolute Gasteiger partial charge is 0.222 e. The molecule has 0 spiro atoms. The van der Waals surface area contributed by atoms with E-state index in [1.807, 2.05) is 22.7 Å². The number of hydrogen-bond acceptors (Lipinski definition) is 4.